The largest absolute Gasteiger partial charge is 0.307 e. The van der Waals surface area contributed by atoms with E-state index in [4.69, 9.17) is 0 Å². The molecule has 10 aromatic rings. The highest BCUT2D eigenvalue weighted by atomic mass is 15.2. The highest BCUT2D eigenvalue weighted by Crippen LogP contribution is 2.51. The van der Waals surface area contributed by atoms with Crippen LogP contribution in [0, 0.1) is 0 Å². The van der Waals surface area contributed by atoms with Crippen LogP contribution in [0.1, 0.15) is 0 Å². The van der Waals surface area contributed by atoms with Crippen molar-refractivity contribution in [2.45, 2.75) is 0 Å². The maximum absolute atomic E-state index is 4.48. The van der Waals surface area contributed by atoms with Gasteiger partial charge in [0.1, 0.15) is 0 Å². The van der Waals surface area contributed by atoms with E-state index in [1.54, 1.807) is 0 Å². The first kappa shape index (κ1) is 27.9. The molecule has 0 aliphatic carbocycles. The van der Waals surface area contributed by atoms with E-state index in [0.29, 0.717) is 0 Å². The number of aromatic nitrogens is 4. The van der Waals surface area contributed by atoms with Crippen molar-refractivity contribution in [2.75, 3.05) is 4.90 Å². The van der Waals surface area contributed by atoms with Crippen molar-refractivity contribution < 1.29 is 0 Å². The summed E-state index contributed by atoms with van der Waals surface area (Å²) in [5.41, 5.74) is 14.8. The van der Waals surface area contributed by atoms with Crippen molar-refractivity contribution >= 4 is 60.7 Å². The van der Waals surface area contributed by atoms with E-state index in [2.05, 4.69) is 164 Å². The first-order valence-electron chi connectivity index (χ1n) is 17.2. The number of fused-ring (bicyclic) bond motifs is 9. The molecule has 238 valence electrons. The van der Waals surface area contributed by atoms with Gasteiger partial charge in [-0.15, -0.1) is 0 Å². The second-order valence-corrected chi connectivity index (χ2v) is 13.1. The fraction of sp³-hybridized carbons (Fsp3) is 0. The van der Waals surface area contributed by atoms with Crippen LogP contribution in [-0.4, -0.2) is 19.1 Å². The lowest BCUT2D eigenvalue weighted by Gasteiger charge is -2.33. The zero-order chi connectivity index (χ0) is 33.5. The Balaban J connectivity index is 1.31. The molecule has 0 fully saturated rings. The molecular weight excluding hydrogens is 623 g/mol. The van der Waals surface area contributed by atoms with Crippen LogP contribution in [0.15, 0.2) is 176 Å². The monoisotopic (exact) mass is 651 g/mol. The first-order valence-corrected chi connectivity index (χ1v) is 17.2. The third kappa shape index (κ3) is 4.03. The fourth-order valence-electron chi connectivity index (χ4n) is 8.24. The van der Waals surface area contributed by atoms with Gasteiger partial charge in [0, 0.05) is 68.8 Å². The predicted molar refractivity (Wildman–Crippen MR) is 210 cm³/mol. The number of benzene rings is 6. The zero-order valence-corrected chi connectivity index (χ0v) is 27.5. The summed E-state index contributed by atoms with van der Waals surface area (Å²) in [6, 6.07) is 54.8. The Hall–Kier alpha value is -6.98. The highest BCUT2D eigenvalue weighted by molar-refractivity contribution is 6.26. The van der Waals surface area contributed by atoms with Gasteiger partial charge in [0.15, 0.2) is 0 Å². The van der Waals surface area contributed by atoms with Crippen molar-refractivity contribution in [3.63, 3.8) is 0 Å². The van der Waals surface area contributed by atoms with Gasteiger partial charge in [-0.05, 0) is 77.9 Å². The standard InChI is InChI=1S/C46H29N5/c1-2-13-34(14-3-1)49-41-18-6-7-19-42(41)51-44-37(16-8-20-43(44)49)39-22-21-38-36-15-4-5-17-40(36)50(45(38)46(39)51)35-26-32(30-11-9-23-47-28-30)25-33(27-35)31-12-10-24-48-29-31/h1-29H. The molecule has 5 heterocycles. The van der Waals surface area contributed by atoms with Gasteiger partial charge in [-0.2, -0.15) is 0 Å². The molecule has 0 radical (unpaired) electrons. The minimum absolute atomic E-state index is 1.07. The second kappa shape index (κ2) is 10.8. The molecule has 0 bridgehead atoms. The van der Waals surface area contributed by atoms with Gasteiger partial charge >= 0.3 is 0 Å². The average molecular weight is 652 g/mol. The number of nitrogens with zero attached hydrogens (tertiary/aromatic N) is 5. The summed E-state index contributed by atoms with van der Waals surface area (Å²) in [5.74, 6) is 0. The molecule has 1 aliphatic heterocycles. The first-order chi connectivity index (χ1) is 25.3. The van der Waals surface area contributed by atoms with Crippen molar-refractivity contribution in [1.29, 1.82) is 0 Å². The van der Waals surface area contributed by atoms with Crippen molar-refractivity contribution in [3.05, 3.63) is 176 Å². The van der Waals surface area contributed by atoms with Crippen molar-refractivity contribution in [1.82, 2.24) is 19.1 Å². The Morgan fingerprint density at radius 3 is 1.67 bits per heavy atom. The number of pyridine rings is 2. The van der Waals surface area contributed by atoms with Crippen molar-refractivity contribution in [3.8, 4) is 33.6 Å². The smallest absolute Gasteiger partial charge is 0.0790 e. The van der Waals surface area contributed by atoms with Crippen LogP contribution in [0.4, 0.5) is 17.1 Å². The maximum atomic E-state index is 4.48. The maximum Gasteiger partial charge on any atom is 0.0790 e. The molecule has 11 rings (SSSR count). The van der Waals surface area contributed by atoms with Gasteiger partial charge in [0.25, 0.3) is 0 Å². The summed E-state index contributed by atoms with van der Waals surface area (Å²) in [7, 11) is 0. The summed E-state index contributed by atoms with van der Waals surface area (Å²) in [5, 5.41) is 4.90. The topological polar surface area (TPSA) is 38.9 Å². The van der Waals surface area contributed by atoms with Crippen LogP contribution in [0.5, 0.6) is 0 Å². The van der Waals surface area contributed by atoms with Gasteiger partial charge < -0.3 is 14.0 Å². The molecule has 0 saturated heterocycles. The molecule has 0 atom stereocenters. The van der Waals surface area contributed by atoms with Crippen LogP contribution in [0.3, 0.4) is 0 Å². The number of para-hydroxylation sites is 5. The van der Waals surface area contributed by atoms with Gasteiger partial charge in [-0.1, -0.05) is 84.9 Å². The molecule has 5 heteroatoms. The van der Waals surface area contributed by atoms with Gasteiger partial charge in [0.05, 0.1) is 39.1 Å². The summed E-state index contributed by atoms with van der Waals surface area (Å²) in [4.78, 5) is 11.4. The van der Waals surface area contributed by atoms with Gasteiger partial charge in [0.2, 0.25) is 0 Å². The highest BCUT2D eigenvalue weighted by Gasteiger charge is 2.30. The Morgan fingerprint density at radius 2 is 0.941 bits per heavy atom. The van der Waals surface area contributed by atoms with Crippen molar-refractivity contribution in [2.24, 2.45) is 0 Å². The number of rotatable bonds is 4. The summed E-state index contributed by atoms with van der Waals surface area (Å²) in [6.45, 7) is 0. The lowest BCUT2D eigenvalue weighted by Crippen LogP contribution is -2.18. The molecule has 0 amide bonds. The van der Waals surface area contributed by atoms with Crippen LogP contribution in [0.2, 0.25) is 0 Å². The van der Waals surface area contributed by atoms with E-state index in [-0.39, 0.29) is 0 Å². The fourth-order valence-corrected chi connectivity index (χ4v) is 8.24. The van der Waals surface area contributed by atoms with E-state index < -0.39 is 0 Å². The Morgan fingerprint density at radius 1 is 0.353 bits per heavy atom. The van der Waals surface area contributed by atoms with E-state index >= 15 is 0 Å². The van der Waals surface area contributed by atoms with Crippen LogP contribution in [-0.2, 0) is 0 Å². The Kier molecular flexibility index (Phi) is 5.89. The molecule has 51 heavy (non-hydrogen) atoms. The molecule has 0 unspecified atom stereocenters. The molecule has 6 aromatic carbocycles. The van der Waals surface area contributed by atoms with Gasteiger partial charge in [-0.25, -0.2) is 0 Å². The molecule has 0 spiro atoms. The van der Waals surface area contributed by atoms with E-state index in [0.717, 1.165) is 50.5 Å². The predicted octanol–water partition coefficient (Wildman–Crippen LogP) is 11.8. The van der Waals surface area contributed by atoms with E-state index in [1.807, 2.05) is 36.9 Å². The molecule has 1 aliphatic rings. The second-order valence-electron chi connectivity index (χ2n) is 13.1. The molecule has 5 nitrogen and oxygen atoms in total. The Labute approximate surface area is 293 Å². The van der Waals surface area contributed by atoms with Crippen LogP contribution >= 0.6 is 0 Å². The number of hydrogen-bond donors (Lipinski definition) is 0. The number of anilines is 3. The minimum atomic E-state index is 1.07. The summed E-state index contributed by atoms with van der Waals surface area (Å²) in [6.07, 6.45) is 7.54. The van der Waals surface area contributed by atoms with Crippen LogP contribution in [0.25, 0.3) is 77.2 Å². The Bertz CT molecular complexity index is 2900. The van der Waals surface area contributed by atoms with Gasteiger partial charge in [-0.3, -0.25) is 9.97 Å². The average Bonchev–Trinajstić information content (AvgIpc) is 3.73. The molecule has 0 N–H and O–H groups in total. The lowest BCUT2D eigenvalue weighted by atomic mass is 9.99. The lowest BCUT2D eigenvalue weighted by molar-refractivity contribution is 1.10. The summed E-state index contributed by atoms with van der Waals surface area (Å²) < 4.78 is 4.99. The van der Waals surface area contributed by atoms with Crippen LogP contribution < -0.4 is 4.90 Å². The molecule has 0 saturated carbocycles. The summed E-state index contributed by atoms with van der Waals surface area (Å²) >= 11 is 0. The third-order valence-corrected chi connectivity index (χ3v) is 10.3. The van der Waals surface area contributed by atoms with E-state index in [9.17, 15) is 0 Å². The SMILES string of the molecule is c1ccc(N2c3ccccc3-n3c4c2cccc4c2ccc4c5ccccc5n(-c5cc(-c6cccnc6)cc(-c6cccnc6)c5)c4c23)cc1. The van der Waals surface area contributed by atoms with E-state index in [1.165, 1.54) is 43.8 Å². The molecular formula is C46H29N5. The number of hydrogen-bond acceptors (Lipinski definition) is 3. The third-order valence-electron chi connectivity index (χ3n) is 10.3. The zero-order valence-electron chi connectivity index (χ0n) is 27.5. The molecule has 4 aromatic heterocycles. The normalized spacial score (nSPS) is 12.3. The quantitative estimate of drug-likeness (QED) is 0.190. The minimum Gasteiger partial charge on any atom is -0.307 e.